The maximum Gasteiger partial charge on any atom is 0.305 e. The highest BCUT2D eigenvalue weighted by Gasteiger charge is 2.35. The molecule has 1 N–H and O–H groups in total. The first-order chi connectivity index (χ1) is 17.1. The van der Waals surface area contributed by atoms with Gasteiger partial charge in [-0.3, -0.25) is 9.59 Å². The predicted molar refractivity (Wildman–Crippen MR) is 145 cm³/mol. The molecule has 0 aliphatic carbocycles. The molecule has 3 aromatic rings. The number of rotatable bonds is 9. The van der Waals surface area contributed by atoms with Crippen LogP contribution in [0.25, 0.3) is 0 Å². The summed E-state index contributed by atoms with van der Waals surface area (Å²) in [5, 5.41) is 9.21. The van der Waals surface area contributed by atoms with Gasteiger partial charge in [-0.2, -0.15) is 0 Å². The van der Waals surface area contributed by atoms with E-state index in [-0.39, 0.29) is 24.5 Å². The van der Waals surface area contributed by atoms with Crippen LogP contribution in [0.15, 0.2) is 71.2 Å². The zero-order valence-electron chi connectivity index (χ0n) is 21.0. The highest BCUT2D eigenvalue weighted by molar-refractivity contribution is 9.10. The number of carboxylic acids is 1. The van der Waals surface area contributed by atoms with Gasteiger partial charge in [-0.1, -0.05) is 66.2 Å². The molecule has 0 aromatic heterocycles. The molecule has 3 aromatic carbocycles. The zero-order chi connectivity index (χ0) is 25.9. The number of amides is 1. The lowest BCUT2D eigenvalue weighted by atomic mass is 9.90. The van der Waals surface area contributed by atoms with Crippen molar-refractivity contribution in [3.8, 4) is 5.75 Å². The van der Waals surface area contributed by atoms with E-state index in [1.807, 2.05) is 36.4 Å². The van der Waals surface area contributed by atoms with Crippen LogP contribution in [0.4, 0.5) is 0 Å². The summed E-state index contributed by atoms with van der Waals surface area (Å²) >= 11 is 3.46. The Kier molecular flexibility index (Phi) is 7.84. The quantitative estimate of drug-likeness (QED) is 0.325. The van der Waals surface area contributed by atoms with Crippen LogP contribution in [0.1, 0.15) is 65.7 Å². The van der Waals surface area contributed by atoms with E-state index in [2.05, 4.69) is 61.0 Å². The van der Waals surface area contributed by atoms with Gasteiger partial charge in [0, 0.05) is 36.0 Å². The molecule has 188 valence electrons. The van der Waals surface area contributed by atoms with E-state index in [1.165, 1.54) is 11.1 Å². The highest BCUT2D eigenvalue weighted by Crippen LogP contribution is 2.38. The molecule has 1 aliphatic heterocycles. The third-order valence-corrected chi connectivity index (χ3v) is 7.09. The first-order valence-corrected chi connectivity index (χ1v) is 13.1. The maximum absolute atomic E-state index is 13.5. The third kappa shape index (κ3) is 6.35. The smallest absolute Gasteiger partial charge is 0.305 e. The van der Waals surface area contributed by atoms with Crippen molar-refractivity contribution in [3.63, 3.8) is 0 Å². The lowest BCUT2D eigenvalue weighted by Gasteiger charge is -2.24. The van der Waals surface area contributed by atoms with Gasteiger partial charge in [0.25, 0.3) is 5.91 Å². The summed E-state index contributed by atoms with van der Waals surface area (Å²) < 4.78 is 7.27. The Morgan fingerprint density at radius 3 is 2.47 bits per heavy atom. The largest absolute Gasteiger partial charge is 0.487 e. The predicted octanol–water partition coefficient (Wildman–Crippen LogP) is 6.63. The number of carboxylic acid groups (broad SMARTS) is 1. The first-order valence-electron chi connectivity index (χ1n) is 12.3. The van der Waals surface area contributed by atoms with Gasteiger partial charge in [0.05, 0.1) is 6.42 Å². The number of carbonyl (C=O) groups excluding carboxylic acids is 1. The number of benzene rings is 3. The van der Waals surface area contributed by atoms with Crippen molar-refractivity contribution >= 4 is 27.8 Å². The summed E-state index contributed by atoms with van der Waals surface area (Å²) in [4.78, 5) is 26.3. The number of carbonyl (C=O) groups is 2. The molecule has 0 bridgehead atoms. The van der Waals surface area contributed by atoms with Gasteiger partial charge in [0.2, 0.25) is 0 Å². The Morgan fingerprint density at radius 1 is 1.06 bits per heavy atom. The zero-order valence-corrected chi connectivity index (χ0v) is 22.5. The molecular weight excluding hydrogens is 518 g/mol. The normalized spacial score (nSPS) is 16.5. The SMILES string of the molecule is CC(C)c1ccc(CC2(C)Cc3cc(C(=O)N(CCC(=O)O)Cc4cccc(Br)c4)ccc3O2)cc1. The van der Waals surface area contributed by atoms with Crippen LogP contribution >= 0.6 is 15.9 Å². The molecule has 36 heavy (non-hydrogen) atoms. The Hall–Kier alpha value is -3.12. The van der Waals surface area contributed by atoms with Crippen molar-refractivity contribution < 1.29 is 19.4 Å². The molecule has 5 nitrogen and oxygen atoms in total. The number of aliphatic carboxylic acids is 1. The molecule has 1 heterocycles. The molecule has 1 atom stereocenters. The van der Waals surface area contributed by atoms with Gasteiger partial charge in [0.1, 0.15) is 11.4 Å². The van der Waals surface area contributed by atoms with E-state index in [1.54, 1.807) is 11.0 Å². The Morgan fingerprint density at radius 2 is 1.81 bits per heavy atom. The molecular formula is C30H32BrNO4. The second-order valence-electron chi connectivity index (χ2n) is 10.1. The number of ether oxygens (including phenoxy) is 1. The van der Waals surface area contributed by atoms with E-state index in [0.29, 0.717) is 24.4 Å². The molecule has 0 radical (unpaired) electrons. The van der Waals surface area contributed by atoms with Crippen LogP contribution in [0.5, 0.6) is 5.75 Å². The fraction of sp³-hybridized carbons (Fsp3) is 0.333. The monoisotopic (exact) mass is 549 g/mol. The van der Waals surface area contributed by atoms with Crippen molar-refractivity contribution in [2.24, 2.45) is 0 Å². The van der Waals surface area contributed by atoms with Crippen molar-refractivity contribution in [2.45, 2.75) is 58.1 Å². The minimum absolute atomic E-state index is 0.110. The molecule has 4 rings (SSSR count). The number of fused-ring (bicyclic) bond motifs is 1. The summed E-state index contributed by atoms with van der Waals surface area (Å²) in [6.07, 6.45) is 1.37. The van der Waals surface area contributed by atoms with Gasteiger partial charge in [0.15, 0.2) is 0 Å². The van der Waals surface area contributed by atoms with Gasteiger partial charge in [-0.25, -0.2) is 0 Å². The van der Waals surface area contributed by atoms with Crippen molar-refractivity contribution in [3.05, 3.63) is 99.0 Å². The summed E-state index contributed by atoms with van der Waals surface area (Å²) in [5.41, 5.74) is 4.63. The third-order valence-electron chi connectivity index (χ3n) is 6.60. The van der Waals surface area contributed by atoms with E-state index < -0.39 is 5.97 Å². The Labute approximate surface area is 221 Å². The first kappa shape index (κ1) is 26.0. The van der Waals surface area contributed by atoms with Gasteiger partial charge >= 0.3 is 5.97 Å². The van der Waals surface area contributed by atoms with Crippen molar-refractivity contribution in [1.29, 1.82) is 0 Å². The summed E-state index contributed by atoms with van der Waals surface area (Å²) in [6.45, 7) is 6.96. The lowest BCUT2D eigenvalue weighted by Crippen LogP contribution is -2.33. The number of hydrogen-bond donors (Lipinski definition) is 1. The number of halogens is 1. The Balaban J connectivity index is 1.50. The van der Waals surface area contributed by atoms with Crippen LogP contribution in [0, 0.1) is 0 Å². The fourth-order valence-electron chi connectivity index (χ4n) is 4.73. The van der Waals surface area contributed by atoms with Crippen LogP contribution in [-0.2, 0) is 24.2 Å². The lowest BCUT2D eigenvalue weighted by molar-refractivity contribution is -0.137. The second-order valence-corrected chi connectivity index (χ2v) is 11.0. The topological polar surface area (TPSA) is 66.8 Å². The van der Waals surface area contributed by atoms with E-state index in [4.69, 9.17) is 4.74 Å². The van der Waals surface area contributed by atoms with E-state index in [9.17, 15) is 14.7 Å². The summed E-state index contributed by atoms with van der Waals surface area (Å²) in [6, 6.07) is 21.9. The molecule has 0 fully saturated rings. The molecule has 6 heteroatoms. The number of nitrogens with zero attached hydrogens (tertiary/aromatic N) is 1. The second kappa shape index (κ2) is 10.9. The molecule has 1 amide bonds. The maximum atomic E-state index is 13.5. The molecule has 0 spiro atoms. The van der Waals surface area contributed by atoms with Gasteiger partial charge in [-0.15, -0.1) is 0 Å². The standard InChI is InChI=1S/C30H32BrNO4/c1-20(2)23-9-7-21(8-10-23)17-30(3)18-25-16-24(11-12-27(25)36-30)29(35)32(14-13-28(33)34)19-22-5-4-6-26(31)15-22/h4-12,15-16,20H,13-14,17-19H2,1-3H3,(H,33,34). The average molecular weight is 550 g/mol. The van der Waals surface area contributed by atoms with Crippen LogP contribution in [0.3, 0.4) is 0 Å². The van der Waals surface area contributed by atoms with Gasteiger partial charge < -0.3 is 14.7 Å². The molecule has 0 saturated heterocycles. The molecule has 1 unspecified atom stereocenters. The molecule has 0 saturated carbocycles. The van der Waals surface area contributed by atoms with Crippen molar-refractivity contribution in [2.75, 3.05) is 6.54 Å². The van der Waals surface area contributed by atoms with Crippen LogP contribution in [0.2, 0.25) is 0 Å². The molecule has 1 aliphatic rings. The minimum atomic E-state index is -0.929. The van der Waals surface area contributed by atoms with E-state index >= 15 is 0 Å². The van der Waals surface area contributed by atoms with Crippen molar-refractivity contribution in [1.82, 2.24) is 4.90 Å². The van der Waals surface area contributed by atoms with E-state index in [0.717, 1.165) is 27.8 Å². The minimum Gasteiger partial charge on any atom is -0.487 e. The summed E-state index contributed by atoms with van der Waals surface area (Å²) in [5.74, 6) is 0.187. The van der Waals surface area contributed by atoms with Crippen LogP contribution in [-0.4, -0.2) is 34.0 Å². The summed E-state index contributed by atoms with van der Waals surface area (Å²) in [7, 11) is 0. The average Bonchev–Trinajstić information content (AvgIpc) is 3.16. The van der Waals surface area contributed by atoms with Gasteiger partial charge in [-0.05, 0) is 65.4 Å². The Bertz CT molecular complexity index is 1250. The van der Waals surface area contributed by atoms with Crippen LogP contribution < -0.4 is 4.74 Å². The fourth-order valence-corrected chi connectivity index (χ4v) is 5.17. The number of hydrogen-bond acceptors (Lipinski definition) is 3. The highest BCUT2D eigenvalue weighted by atomic mass is 79.9.